The van der Waals surface area contributed by atoms with Crippen LogP contribution in [-0.2, 0) is 6.18 Å². The highest BCUT2D eigenvalue weighted by Crippen LogP contribution is 2.46. The summed E-state index contributed by atoms with van der Waals surface area (Å²) in [4.78, 5) is 8.39. The SMILES string of the molecule is CC1=NC2=C(C(N)N1c1ccc(C(F)(F)F)cc1)N(c1c(C)cccc1C)C(N)S2. The Kier molecular flexibility index (Phi) is 5.08. The van der Waals surface area contributed by atoms with E-state index in [9.17, 15) is 13.2 Å². The summed E-state index contributed by atoms with van der Waals surface area (Å²) in [5, 5.41) is 0.735. The smallest absolute Gasteiger partial charge is 0.314 e. The first-order chi connectivity index (χ1) is 14.1. The Morgan fingerprint density at radius 2 is 1.53 bits per heavy atom. The van der Waals surface area contributed by atoms with Crippen LogP contribution in [0.15, 0.2) is 58.2 Å². The highest BCUT2D eigenvalue weighted by molar-refractivity contribution is 8.04. The molecule has 158 valence electrons. The molecule has 0 spiro atoms. The molecule has 2 aromatic carbocycles. The van der Waals surface area contributed by atoms with E-state index in [0.717, 1.165) is 39.7 Å². The number of alkyl halides is 3. The molecule has 0 aliphatic carbocycles. The summed E-state index contributed by atoms with van der Waals surface area (Å²) in [6.07, 6.45) is -5.04. The van der Waals surface area contributed by atoms with Crippen LogP contribution in [0.3, 0.4) is 0 Å². The van der Waals surface area contributed by atoms with Crippen molar-refractivity contribution in [3.8, 4) is 0 Å². The van der Waals surface area contributed by atoms with Crippen LogP contribution < -0.4 is 21.3 Å². The quantitative estimate of drug-likeness (QED) is 0.729. The molecule has 0 aromatic heterocycles. The molecule has 2 aliphatic heterocycles. The number of nitrogens with two attached hydrogens (primary N) is 2. The van der Waals surface area contributed by atoms with Crippen LogP contribution in [0.5, 0.6) is 0 Å². The average molecular weight is 434 g/mol. The standard InChI is InChI=1S/C21H22F3N5S/c1-11-5-4-6-12(2)16(11)29-17-18(25)28(13(3)27-19(17)30-20(29)26)15-9-7-14(8-10-15)21(22,23)24/h4-10,18,20H,25-26H2,1-3H3. The first kappa shape index (κ1) is 20.8. The minimum Gasteiger partial charge on any atom is -0.314 e. The zero-order valence-corrected chi connectivity index (χ0v) is 17.6. The van der Waals surface area contributed by atoms with Crippen molar-refractivity contribution in [2.24, 2.45) is 16.5 Å². The van der Waals surface area contributed by atoms with Gasteiger partial charge < -0.3 is 21.3 Å². The van der Waals surface area contributed by atoms with Gasteiger partial charge in [-0.25, -0.2) is 4.99 Å². The predicted molar refractivity (Wildman–Crippen MR) is 116 cm³/mol. The second kappa shape index (κ2) is 7.33. The molecule has 0 saturated carbocycles. The summed E-state index contributed by atoms with van der Waals surface area (Å²) in [6.45, 7) is 5.80. The van der Waals surface area contributed by atoms with Crippen molar-refractivity contribution in [3.05, 3.63) is 69.9 Å². The van der Waals surface area contributed by atoms with Crippen LogP contribution in [0.4, 0.5) is 24.5 Å². The molecule has 2 atom stereocenters. The molecule has 0 radical (unpaired) electrons. The minimum absolute atomic E-state index is 0.398. The van der Waals surface area contributed by atoms with Gasteiger partial charge in [0, 0.05) is 11.4 Å². The van der Waals surface area contributed by atoms with Crippen molar-refractivity contribution in [1.82, 2.24) is 0 Å². The van der Waals surface area contributed by atoms with Crippen LogP contribution in [0.1, 0.15) is 23.6 Å². The van der Waals surface area contributed by atoms with E-state index in [0.29, 0.717) is 11.5 Å². The van der Waals surface area contributed by atoms with Crippen molar-refractivity contribution in [2.75, 3.05) is 9.80 Å². The van der Waals surface area contributed by atoms with Gasteiger partial charge in [-0.15, -0.1) is 0 Å². The fraction of sp³-hybridized carbons (Fsp3) is 0.286. The van der Waals surface area contributed by atoms with Crippen LogP contribution in [0.25, 0.3) is 0 Å². The van der Waals surface area contributed by atoms with Gasteiger partial charge in [0.25, 0.3) is 0 Å². The van der Waals surface area contributed by atoms with Crippen molar-refractivity contribution < 1.29 is 13.2 Å². The van der Waals surface area contributed by atoms with Gasteiger partial charge in [-0.2, -0.15) is 13.2 Å². The van der Waals surface area contributed by atoms with Crippen molar-refractivity contribution in [3.63, 3.8) is 0 Å². The summed E-state index contributed by atoms with van der Waals surface area (Å²) in [5.41, 5.74) is 16.4. The molecule has 2 aliphatic rings. The first-order valence-electron chi connectivity index (χ1n) is 9.39. The van der Waals surface area contributed by atoms with Crippen LogP contribution in [0, 0.1) is 13.8 Å². The summed E-state index contributed by atoms with van der Waals surface area (Å²) in [6, 6.07) is 10.9. The molecule has 2 heterocycles. The number of anilines is 2. The zero-order valence-electron chi connectivity index (χ0n) is 16.7. The molecule has 4 N–H and O–H groups in total. The lowest BCUT2D eigenvalue weighted by Gasteiger charge is -2.39. The van der Waals surface area contributed by atoms with Gasteiger partial charge in [0.15, 0.2) is 0 Å². The Morgan fingerprint density at radius 3 is 2.10 bits per heavy atom. The minimum atomic E-state index is -4.39. The number of hydrogen-bond donors (Lipinski definition) is 2. The van der Waals surface area contributed by atoms with E-state index in [1.165, 1.54) is 23.9 Å². The third-order valence-corrected chi connectivity index (χ3v) is 6.27. The van der Waals surface area contributed by atoms with E-state index in [1.807, 2.05) is 36.9 Å². The highest BCUT2D eigenvalue weighted by atomic mass is 32.2. The van der Waals surface area contributed by atoms with Crippen LogP contribution >= 0.6 is 11.8 Å². The van der Waals surface area contributed by atoms with E-state index >= 15 is 0 Å². The third-order valence-electron chi connectivity index (χ3n) is 5.29. The second-order valence-electron chi connectivity index (χ2n) is 7.33. The lowest BCUT2D eigenvalue weighted by molar-refractivity contribution is -0.137. The summed E-state index contributed by atoms with van der Waals surface area (Å²) < 4.78 is 38.9. The normalized spacial score (nSPS) is 21.8. The van der Waals surface area contributed by atoms with Crippen LogP contribution in [0.2, 0.25) is 0 Å². The van der Waals surface area contributed by atoms with E-state index in [1.54, 1.807) is 11.8 Å². The number of para-hydroxylation sites is 1. The van der Waals surface area contributed by atoms with Gasteiger partial charge >= 0.3 is 6.18 Å². The van der Waals surface area contributed by atoms with Gasteiger partial charge in [0.1, 0.15) is 22.5 Å². The maximum Gasteiger partial charge on any atom is 0.416 e. The molecule has 0 amide bonds. The average Bonchev–Trinajstić information content (AvgIpc) is 2.97. The number of hydrogen-bond acceptors (Lipinski definition) is 6. The van der Waals surface area contributed by atoms with E-state index in [4.69, 9.17) is 11.5 Å². The Hall–Kier alpha value is -2.49. The molecule has 2 aromatic rings. The lowest BCUT2D eigenvalue weighted by Crippen LogP contribution is -2.53. The monoisotopic (exact) mass is 433 g/mol. The molecular weight excluding hydrogens is 411 g/mol. The molecule has 5 nitrogen and oxygen atoms in total. The van der Waals surface area contributed by atoms with Crippen molar-refractivity contribution >= 4 is 29.0 Å². The molecule has 2 unspecified atom stereocenters. The molecule has 0 saturated heterocycles. The Morgan fingerprint density at radius 1 is 0.933 bits per heavy atom. The third kappa shape index (κ3) is 3.36. The maximum atomic E-state index is 13.0. The number of nitrogens with zero attached hydrogens (tertiary/aromatic N) is 3. The lowest BCUT2D eigenvalue weighted by atomic mass is 10.1. The van der Waals surface area contributed by atoms with Gasteiger partial charge in [-0.1, -0.05) is 30.0 Å². The number of thioether (sulfide) groups is 1. The maximum absolute atomic E-state index is 13.0. The number of aryl methyl sites for hydroxylation is 2. The number of benzene rings is 2. The molecule has 0 bridgehead atoms. The second-order valence-corrected chi connectivity index (χ2v) is 8.43. The largest absolute Gasteiger partial charge is 0.416 e. The van der Waals surface area contributed by atoms with Gasteiger partial charge in [0.2, 0.25) is 0 Å². The molecular formula is C21H22F3N5S. The topological polar surface area (TPSA) is 70.9 Å². The summed E-state index contributed by atoms with van der Waals surface area (Å²) in [5.74, 6) is 0.601. The van der Waals surface area contributed by atoms with E-state index in [-0.39, 0.29) is 0 Å². The van der Waals surface area contributed by atoms with Crippen molar-refractivity contribution in [2.45, 2.75) is 38.6 Å². The summed E-state index contributed by atoms with van der Waals surface area (Å²) in [7, 11) is 0. The molecule has 0 fully saturated rings. The molecule has 9 heteroatoms. The number of rotatable bonds is 2. The fourth-order valence-corrected chi connectivity index (χ4v) is 5.01. The van der Waals surface area contributed by atoms with Gasteiger partial charge in [-0.05, 0) is 56.2 Å². The Bertz CT molecular complexity index is 1030. The number of halogens is 3. The Balaban J connectivity index is 1.76. The summed E-state index contributed by atoms with van der Waals surface area (Å²) >= 11 is 1.42. The Labute approximate surface area is 177 Å². The fourth-order valence-electron chi connectivity index (χ4n) is 3.94. The zero-order chi connectivity index (χ0) is 21.8. The van der Waals surface area contributed by atoms with Crippen molar-refractivity contribution in [1.29, 1.82) is 0 Å². The van der Waals surface area contributed by atoms with E-state index in [2.05, 4.69) is 4.99 Å². The number of amidine groups is 1. The molecule has 30 heavy (non-hydrogen) atoms. The number of aliphatic imine (C=N–C) groups is 1. The van der Waals surface area contributed by atoms with E-state index < -0.39 is 23.4 Å². The van der Waals surface area contributed by atoms with Gasteiger partial charge in [-0.3, -0.25) is 0 Å². The predicted octanol–water partition coefficient (Wildman–Crippen LogP) is 4.51. The van der Waals surface area contributed by atoms with Crippen LogP contribution in [-0.4, -0.2) is 17.5 Å². The van der Waals surface area contributed by atoms with Gasteiger partial charge in [0.05, 0.1) is 11.3 Å². The first-order valence-corrected chi connectivity index (χ1v) is 10.3. The molecule has 4 rings (SSSR count). The highest BCUT2D eigenvalue weighted by Gasteiger charge is 2.41.